The first-order chi connectivity index (χ1) is 12.1. The number of aliphatic imine (C=N–C) groups is 1. The molecule has 0 unspecified atom stereocenters. The van der Waals surface area contributed by atoms with E-state index in [-0.39, 0.29) is 12.5 Å². The van der Waals surface area contributed by atoms with Gasteiger partial charge in [0, 0.05) is 19.3 Å². The number of esters is 1. The van der Waals surface area contributed by atoms with Crippen molar-refractivity contribution >= 4 is 28.8 Å². The number of amidine groups is 1. The van der Waals surface area contributed by atoms with Gasteiger partial charge < -0.3 is 9.47 Å². The standard InChI is InChI=1S/C18H20N2O4S/c1-12-15(17(22)24-10-9-23-2)16(13-6-4-3-5-7-13)20-14(21)8-11-25-18(20)19-12/h3-7,16H,8-11H2,1-2H3/t16-/m1/s1. The minimum atomic E-state index is -0.510. The number of hydrogen-bond acceptors (Lipinski definition) is 6. The van der Waals surface area contributed by atoms with E-state index in [0.29, 0.717) is 35.2 Å². The summed E-state index contributed by atoms with van der Waals surface area (Å²) in [6.07, 6.45) is 0.429. The van der Waals surface area contributed by atoms with E-state index in [0.717, 1.165) is 5.56 Å². The summed E-state index contributed by atoms with van der Waals surface area (Å²) in [7, 11) is 1.55. The Morgan fingerprint density at radius 1 is 1.32 bits per heavy atom. The van der Waals surface area contributed by atoms with Crippen LogP contribution in [0.2, 0.25) is 0 Å². The zero-order valence-electron chi connectivity index (χ0n) is 14.2. The largest absolute Gasteiger partial charge is 0.460 e. The van der Waals surface area contributed by atoms with E-state index in [2.05, 4.69) is 4.99 Å². The average Bonchev–Trinajstić information content (AvgIpc) is 2.61. The number of ether oxygens (including phenoxy) is 2. The van der Waals surface area contributed by atoms with Crippen LogP contribution in [-0.2, 0) is 19.1 Å². The summed E-state index contributed by atoms with van der Waals surface area (Å²) in [5.74, 6) is 0.215. The van der Waals surface area contributed by atoms with Crippen molar-refractivity contribution in [2.45, 2.75) is 19.4 Å². The van der Waals surface area contributed by atoms with Crippen molar-refractivity contribution in [1.29, 1.82) is 0 Å². The second-order valence-corrected chi connectivity index (χ2v) is 6.76. The molecule has 0 saturated carbocycles. The molecule has 0 aliphatic carbocycles. The molecular weight excluding hydrogens is 340 g/mol. The number of hydrogen-bond donors (Lipinski definition) is 0. The van der Waals surface area contributed by atoms with Crippen LogP contribution in [0.5, 0.6) is 0 Å². The highest BCUT2D eigenvalue weighted by Crippen LogP contribution is 2.40. The Morgan fingerprint density at radius 3 is 2.80 bits per heavy atom. The van der Waals surface area contributed by atoms with Gasteiger partial charge in [0.1, 0.15) is 6.61 Å². The van der Waals surface area contributed by atoms with E-state index in [1.54, 1.807) is 18.9 Å². The SMILES string of the molecule is COCCOC(=O)C1=C(C)N=C2SCCC(=O)N2[C@@H]1c1ccccc1. The Morgan fingerprint density at radius 2 is 2.08 bits per heavy atom. The van der Waals surface area contributed by atoms with Crippen LogP contribution in [0.4, 0.5) is 0 Å². The second kappa shape index (κ2) is 7.84. The molecule has 3 rings (SSSR count). The number of methoxy groups -OCH3 is 1. The van der Waals surface area contributed by atoms with Gasteiger partial charge in [0.15, 0.2) is 5.17 Å². The summed E-state index contributed by atoms with van der Waals surface area (Å²) in [6, 6.07) is 9.01. The van der Waals surface area contributed by atoms with Crippen LogP contribution < -0.4 is 0 Å². The van der Waals surface area contributed by atoms with E-state index < -0.39 is 12.0 Å². The number of thioether (sulfide) groups is 1. The fourth-order valence-electron chi connectivity index (χ4n) is 2.90. The molecule has 0 aromatic heterocycles. The minimum absolute atomic E-state index is 0.0268. The molecule has 2 aliphatic heterocycles. The maximum atomic E-state index is 12.7. The summed E-state index contributed by atoms with van der Waals surface area (Å²) < 4.78 is 10.3. The van der Waals surface area contributed by atoms with Crippen molar-refractivity contribution < 1.29 is 19.1 Å². The van der Waals surface area contributed by atoms with Gasteiger partial charge in [-0.15, -0.1) is 0 Å². The molecule has 1 aromatic rings. The third-order valence-electron chi connectivity index (χ3n) is 4.06. The molecule has 2 aliphatic rings. The fourth-order valence-corrected chi connectivity index (χ4v) is 3.91. The number of carbonyl (C=O) groups excluding carboxylic acids is 2. The molecule has 7 heteroatoms. The number of carbonyl (C=O) groups is 2. The van der Waals surface area contributed by atoms with Crippen LogP contribution in [0.1, 0.15) is 24.9 Å². The summed E-state index contributed by atoms with van der Waals surface area (Å²) in [4.78, 5) is 31.4. The normalized spacial score (nSPS) is 20.2. The first-order valence-corrected chi connectivity index (χ1v) is 9.07. The highest BCUT2D eigenvalue weighted by atomic mass is 32.2. The fraction of sp³-hybridized carbons (Fsp3) is 0.389. The van der Waals surface area contributed by atoms with E-state index in [1.165, 1.54) is 11.8 Å². The van der Waals surface area contributed by atoms with Gasteiger partial charge in [0.25, 0.3) is 0 Å². The van der Waals surface area contributed by atoms with Gasteiger partial charge >= 0.3 is 5.97 Å². The Balaban J connectivity index is 2.02. The molecule has 0 radical (unpaired) electrons. The molecule has 0 spiro atoms. The topological polar surface area (TPSA) is 68.2 Å². The zero-order chi connectivity index (χ0) is 17.8. The number of nitrogens with zero attached hydrogens (tertiary/aromatic N) is 2. The molecule has 2 heterocycles. The van der Waals surface area contributed by atoms with Gasteiger partial charge in [-0.1, -0.05) is 42.1 Å². The van der Waals surface area contributed by atoms with E-state index >= 15 is 0 Å². The molecule has 1 amide bonds. The number of amides is 1. The van der Waals surface area contributed by atoms with Gasteiger partial charge in [0.2, 0.25) is 5.91 Å². The Hall–Kier alpha value is -2.12. The smallest absolute Gasteiger partial charge is 0.338 e. The van der Waals surface area contributed by atoms with E-state index in [4.69, 9.17) is 9.47 Å². The maximum Gasteiger partial charge on any atom is 0.338 e. The summed E-state index contributed by atoms with van der Waals surface area (Å²) in [6.45, 7) is 2.26. The summed E-state index contributed by atoms with van der Waals surface area (Å²) in [5, 5.41) is 0.649. The van der Waals surface area contributed by atoms with Gasteiger partial charge in [-0.2, -0.15) is 0 Å². The second-order valence-electron chi connectivity index (χ2n) is 5.70. The molecule has 1 saturated heterocycles. The number of rotatable bonds is 5. The molecular formula is C18H20N2O4S. The Bertz CT molecular complexity index is 730. The number of fused-ring (bicyclic) bond motifs is 1. The van der Waals surface area contributed by atoms with Crippen molar-refractivity contribution in [3.63, 3.8) is 0 Å². The molecule has 132 valence electrons. The van der Waals surface area contributed by atoms with Crippen molar-refractivity contribution in [3.8, 4) is 0 Å². The van der Waals surface area contributed by atoms with Gasteiger partial charge in [-0.05, 0) is 12.5 Å². The predicted molar refractivity (Wildman–Crippen MR) is 96.1 cm³/mol. The van der Waals surface area contributed by atoms with E-state index in [9.17, 15) is 9.59 Å². The lowest BCUT2D eigenvalue weighted by atomic mass is 9.94. The number of allylic oxidation sites excluding steroid dienone is 1. The zero-order valence-corrected chi connectivity index (χ0v) is 15.0. The highest BCUT2D eigenvalue weighted by Gasteiger charge is 2.41. The minimum Gasteiger partial charge on any atom is -0.460 e. The van der Waals surface area contributed by atoms with Crippen molar-refractivity contribution in [2.24, 2.45) is 4.99 Å². The van der Waals surface area contributed by atoms with Gasteiger partial charge in [-0.3, -0.25) is 9.69 Å². The van der Waals surface area contributed by atoms with Crippen LogP contribution in [0, 0.1) is 0 Å². The predicted octanol–water partition coefficient (Wildman–Crippen LogP) is 2.53. The molecule has 0 bridgehead atoms. The van der Waals surface area contributed by atoms with Crippen molar-refractivity contribution in [3.05, 3.63) is 47.2 Å². The summed E-state index contributed by atoms with van der Waals surface area (Å²) in [5.41, 5.74) is 1.86. The van der Waals surface area contributed by atoms with Crippen molar-refractivity contribution in [2.75, 3.05) is 26.1 Å². The summed E-state index contributed by atoms with van der Waals surface area (Å²) >= 11 is 1.54. The lowest BCUT2D eigenvalue weighted by Gasteiger charge is -2.38. The van der Waals surface area contributed by atoms with Crippen molar-refractivity contribution in [1.82, 2.24) is 4.90 Å². The molecule has 0 N–H and O–H groups in total. The quantitative estimate of drug-likeness (QED) is 0.596. The molecule has 1 atom stereocenters. The average molecular weight is 360 g/mol. The van der Waals surface area contributed by atoms with Gasteiger partial charge in [-0.25, -0.2) is 9.79 Å². The van der Waals surface area contributed by atoms with Crippen LogP contribution in [-0.4, -0.2) is 48.0 Å². The van der Waals surface area contributed by atoms with Crippen LogP contribution in [0.3, 0.4) is 0 Å². The van der Waals surface area contributed by atoms with Crippen LogP contribution in [0.25, 0.3) is 0 Å². The highest BCUT2D eigenvalue weighted by molar-refractivity contribution is 8.14. The maximum absolute atomic E-state index is 12.7. The molecule has 1 aromatic carbocycles. The number of benzene rings is 1. The van der Waals surface area contributed by atoms with Crippen LogP contribution >= 0.6 is 11.8 Å². The molecule has 25 heavy (non-hydrogen) atoms. The lowest BCUT2D eigenvalue weighted by molar-refractivity contribution is -0.141. The lowest BCUT2D eigenvalue weighted by Crippen LogP contribution is -2.45. The third kappa shape index (κ3) is 3.62. The monoisotopic (exact) mass is 360 g/mol. The molecule has 1 fully saturated rings. The van der Waals surface area contributed by atoms with Gasteiger partial charge in [0.05, 0.1) is 23.9 Å². The van der Waals surface area contributed by atoms with E-state index in [1.807, 2.05) is 30.3 Å². The first-order valence-electron chi connectivity index (χ1n) is 8.08. The molecule has 6 nitrogen and oxygen atoms in total. The Kier molecular flexibility index (Phi) is 5.55. The van der Waals surface area contributed by atoms with Crippen LogP contribution in [0.15, 0.2) is 46.6 Å². The Labute approximate surface area is 150 Å². The first kappa shape index (κ1) is 17.7. The third-order valence-corrected chi connectivity index (χ3v) is 5.02.